The largest absolute Gasteiger partial charge is 0.307 e. The van der Waals surface area contributed by atoms with Crippen molar-refractivity contribution in [2.45, 2.75) is 25.9 Å². The number of thioether (sulfide) groups is 1. The summed E-state index contributed by atoms with van der Waals surface area (Å²) in [6, 6.07) is 20.3. The van der Waals surface area contributed by atoms with Crippen LogP contribution in [0, 0.1) is 0 Å². The highest BCUT2D eigenvalue weighted by Crippen LogP contribution is 2.22. The summed E-state index contributed by atoms with van der Waals surface area (Å²) in [4.78, 5) is 0. The highest BCUT2D eigenvalue weighted by Gasteiger charge is 2.09. The van der Waals surface area contributed by atoms with Gasteiger partial charge in [-0.25, -0.2) is 0 Å². The first-order chi connectivity index (χ1) is 9.70. The molecule has 2 atom stereocenters. The number of nitrogens with one attached hydrogen (secondary N) is 1. The van der Waals surface area contributed by atoms with E-state index in [0.29, 0.717) is 12.1 Å². The third-order valence-corrected chi connectivity index (χ3v) is 4.30. The number of rotatable bonds is 6. The van der Waals surface area contributed by atoms with E-state index in [1.807, 2.05) is 11.8 Å². The van der Waals surface area contributed by atoms with Gasteiger partial charge in [0.15, 0.2) is 0 Å². The number of benzene rings is 2. The monoisotopic (exact) mass is 285 g/mol. The Kier molecular flexibility index (Phi) is 5.69. The third kappa shape index (κ3) is 4.12. The second kappa shape index (κ2) is 7.51. The minimum atomic E-state index is 0.391. The summed E-state index contributed by atoms with van der Waals surface area (Å²) in [5, 5.41) is 3.64. The Balaban J connectivity index is 2.04. The van der Waals surface area contributed by atoms with Gasteiger partial charge in [0.1, 0.15) is 0 Å². The van der Waals surface area contributed by atoms with Gasteiger partial charge in [-0.05, 0) is 36.8 Å². The van der Waals surface area contributed by atoms with Gasteiger partial charge in [-0.1, -0.05) is 54.6 Å². The van der Waals surface area contributed by atoms with Gasteiger partial charge in [0, 0.05) is 17.8 Å². The van der Waals surface area contributed by atoms with Crippen LogP contribution >= 0.6 is 11.8 Å². The van der Waals surface area contributed by atoms with E-state index in [-0.39, 0.29) is 0 Å². The molecule has 0 amide bonds. The molecule has 0 saturated heterocycles. The summed E-state index contributed by atoms with van der Waals surface area (Å²) in [5.41, 5.74) is 3.90. The Morgan fingerprint density at radius 1 is 0.900 bits per heavy atom. The van der Waals surface area contributed by atoms with E-state index in [2.05, 4.69) is 80.0 Å². The molecule has 0 spiro atoms. The van der Waals surface area contributed by atoms with Gasteiger partial charge >= 0.3 is 0 Å². The molecule has 0 radical (unpaired) electrons. The van der Waals surface area contributed by atoms with Gasteiger partial charge < -0.3 is 5.32 Å². The van der Waals surface area contributed by atoms with E-state index >= 15 is 0 Å². The van der Waals surface area contributed by atoms with Crippen LogP contribution in [0.25, 0.3) is 11.1 Å². The highest BCUT2D eigenvalue weighted by atomic mass is 32.2. The Bertz CT molecular complexity index is 507. The summed E-state index contributed by atoms with van der Waals surface area (Å²) in [6.07, 6.45) is 2.15. The zero-order valence-corrected chi connectivity index (χ0v) is 13.3. The molecule has 0 heterocycles. The zero-order chi connectivity index (χ0) is 14.4. The number of hydrogen-bond donors (Lipinski definition) is 1. The van der Waals surface area contributed by atoms with Gasteiger partial charge in [0.05, 0.1) is 0 Å². The zero-order valence-electron chi connectivity index (χ0n) is 12.5. The fourth-order valence-corrected chi connectivity index (χ4v) is 3.01. The lowest BCUT2D eigenvalue weighted by molar-refractivity contribution is 0.511. The minimum Gasteiger partial charge on any atom is -0.307 e. The van der Waals surface area contributed by atoms with Gasteiger partial charge in [-0.15, -0.1) is 0 Å². The predicted molar refractivity (Wildman–Crippen MR) is 91.3 cm³/mol. The van der Waals surface area contributed by atoms with E-state index in [9.17, 15) is 0 Å². The molecule has 0 fully saturated rings. The van der Waals surface area contributed by atoms with Crippen LogP contribution in [-0.4, -0.2) is 18.1 Å². The minimum absolute atomic E-state index is 0.391. The molecule has 106 valence electrons. The Morgan fingerprint density at radius 2 is 1.50 bits per heavy atom. The molecule has 1 nitrogen and oxygen atoms in total. The summed E-state index contributed by atoms with van der Waals surface area (Å²) in [5.74, 6) is 1.15. The van der Waals surface area contributed by atoms with E-state index in [4.69, 9.17) is 0 Å². The SMILES string of the molecule is CSCC(C)NC(C)c1ccc(-c2ccccc2)cc1. The molecular formula is C18H23NS. The second-order valence-electron chi connectivity index (χ2n) is 5.23. The van der Waals surface area contributed by atoms with E-state index in [1.165, 1.54) is 16.7 Å². The van der Waals surface area contributed by atoms with Crippen molar-refractivity contribution in [1.82, 2.24) is 5.32 Å². The molecule has 0 bridgehead atoms. The van der Waals surface area contributed by atoms with Crippen LogP contribution in [0.4, 0.5) is 0 Å². The van der Waals surface area contributed by atoms with Crippen LogP contribution in [-0.2, 0) is 0 Å². The fraction of sp³-hybridized carbons (Fsp3) is 0.333. The third-order valence-electron chi connectivity index (χ3n) is 3.47. The summed E-state index contributed by atoms with van der Waals surface area (Å²) >= 11 is 1.88. The van der Waals surface area contributed by atoms with Gasteiger partial charge in [0.25, 0.3) is 0 Å². The van der Waals surface area contributed by atoms with Crippen molar-refractivity contribution in [3.05, 3.63) is 60.2 Å². The van der Waals surface area contributed by atoms with Gasteiger partial charge in [0.2, 0.25) is 0 Å². The molecule has 0 aliphatic heterocycles. The van der Waals surface area contributed by atoms with Crippen LogP contribution in [0.3, 0.4) is 0 Å². The van der Waals surface area contributed by atoms with Crippen molar-refractivity contribution < 1.29 is 0 Å². The molecule has 1 N–H and O–H groups in total. The Morgan fingerprint density at radius 3 is 2.10 bits per heavy atom. The van der Waals surface area contributed by atoms with Crippen molar-refractivity contribution in [1.29, 1.82) is 0 Å². The maximum atomic E-state index is 3.64. The molecule has 2 rings (SSSR count). The van der Waals surface area contributed by atoms with Crippen molar-refractivity contribution in [3.63, 3.8) is 0 Å². The topological polar surface area (TPSA) is 12.0 Å². The first-order valence-electron chi connectivity index (χ1n) is 7.11. The van der Waals surface area contributed by atoms with Crippen LogP contribution < -0.4 is 5.32 Å². The Hall–Kier alpha value is -1.25. The first kappa shape index (κ1) is 15.1. The molecule has 2 unspecified atom stereocenters. The molecular weight excluding hydrogens is 262 g/mol. The highest BCUT2D eigenvalue weighted by molar-refractivity contribution is 7.98. The Labute approximate surface area is 126 Å². The predicted octanol–water partition coefficient (Wildman–Crippen LogP) is 4.76. The maximum absolute atomic E-state index is 3.64. The fourth-order valence-electron chi connectivity index (χ4n) is 2.42. The van der Waals surface area contributed by atoms with Crippen LogP contribution in [0.1, 0.15) is 25.5 Å². The molecule has 2 aromatic carbocycles. The van der Waals surface area contributed by atoms with E-state index in [0.717, 1.165) is 5.75 Å². The van der Waals surface area contributed by atoms with Crippen molar-refractivity contribution in [2.24, 2.45) is 0 Å². The van der Waals surface area contributed by atoms with Crippen molar-refractivity contribution in [3.8, 4) is 11.1 Å². The molecule has 0 saturated carbocycles. The van der Waals surface area contributed by atoms with Crippen LogP contribution in [0.15, 0.2) is 54.6 Å². The molecule has 2 heteroatoms. The molecule has 0 aliphatic carbocycles. The molecule has 20 heavy (non-hydrogen) atoms. The standard InChI is InChI=1S/C18H23NS/c1-14(13-20-3)19-15(2)16-9-11-18(12-10-16)17-7-5-4-6-8-17/h4-12,14-15,19H,13H2,1-3H3. The molecule has 2 aromatic rings. The quantitative estimate of drug-likeness (QED) is 0.821. The molecule has 0 aliphatic rings. The lowest BCUT2D eigenvalue weighted by Gasteiger charge is -2.20. The average Bonchev–Trinajstić information content (AvgIpc) is 2.48. The maximum Gasteiger partial charge on any atom is 0.0294 e. The summed E-state index contributed by atoms with van der Waals surface area (Å²) in [7, 11) is 0. The van der Waals surface area contributed by atoms with Crippen molar-refractivity contribution in [2.75, 3.05) is 12.0 Å². The lowest BCUT2D eigenvalue weighted by Crippen LogP contribution is -2.30. The normalized spacial score (nSPS) is 13.9. The van der Waals surface area contributed by atoms with Gasteiger partial charge in [-0.3, -0.25) is 0 Å². The number of hydrogen-bond acceptors (Lipinski definition) is 2. The van der Waals surface area contributed by atoms with Gasteiger partial charge in [-0.2, -0.15) is 11.8 Å². The first-order valence-corrected chi connectivity index (χ1v) is 8.50. The van der Waals surface area contributed by atoms with Crippen LogP contribution in [0.2, 0.25) is 0 Å². The summed E-state index contributed by atoms with van der Waals surface area (Å²) < 4.78 is 0. The smallest absolute Gasteiger partial charge is 0.0294 e. The van der Waals surface area contributed by atoms with E-state index in [1.54, 1.807) is 0 Å². The van der Waals surface area contributed by atoms with Crippen LogP contribution in [0.5, 0.6) is 0 Å². The lowest BCUT2D eigenvalue weighted by atomic mass is 10.0. The van der Waals surface area contributed by atoms with E-state index < -0.39 is 0 Å². The summed E-state index contributed by atoms with van der Waals surface area (Å²) in [6.45, 7) is 4.47. The molecule has 0 aromatic heterocycles. The second-order valence-corrected chi connectivity index (χ2v) is 6.14. The average molecular weight is 285 g/mol. The van der Waals surface area contributed by atoms with Crippen molar-refractivity contribution >= 4 is 11.8 Å².